The van der Waals surface area contributed by atoms with Gasteiger partial charge in [-0.3, -0.25) is 4.57 Å². The standard InChI is InChI=1S/C27H30F2N8O4S2/c1-27(7-8-27)34-43(40,41)17-2-3-18-19(12-17)37(25-33-32-24(42-25)22(28)29)23-20(18)21(30-14-31-23)15-4-9-35(10-5-15)26(39)36-11-6-16(38)13-36/h2-3,12,14-16,22,34,38H,4-11,13H2,1H3/t16-/m1/s1. The van der Waals surface area contributed by atoms with Gasteiger partial charge in [-0.1, -0.05) is 17.4 Å². The molecule has 16 heteroatoms. The van der Waals surface area contributed by atoms with Crippen LogP contribution in [0.15, 0.2) is 29.4 Å². The molecular weight excluding hydrogens is 602 g/mol. The van der Waals surface area contributed by atoms with Gasteiger partial charge in [0.15, 0.2) is 10.7 Å². The number of carbonyl (C=O) groups excluding carboxylic acids is 1. The average molecular weight is 633 g/mol. The first-order valence-electron chi connectivity index (χ1n) is 14.2. The molecule has 2 amide bonds. The predicted molar refractivity (Wildman–Crippen MR) is 154 cm³/mol. The number of benzene rings is 1. The number of aliphatic hydroxyl groups excluding tert-OH is 1. The van der Waals surface area contributed by atoms with Gasteiger partial charge in [-0.2, -0.15) is 0 Å². The highest BCUT2D eigenvalue weighted by Crippen LogP contribution is 2.41. The van der Waals surface area contributed by atoms with Crippen LogP contribution >= 0.6 is 11.3 Å². The number of halogens is 2. The van der Waals surface area contributed by atoms with Gasteiger partial charge in [-0.25, -0.2) is 36.7 Å². The molecule has 2 aliphatic heterocycles. The number of fused-ring (bicyclic) bond motifs is 3. The maximum atomic E-state index is 13.5. The molecule has 0 radical (unpaired) electrons. The molecule has 1 aromatic carbocycles. The number of sulfonamides is 1. The van der Waals surface area contributed by atoms with Crippen LogP contribution in [0.1, 0.15) is 62.1 Å². The quantitative estimate of drug-likeness (QED) is 0.328. The summed E-state index contributed by atoms with van der Waals surface area (Å²) in [6.07, 6.45) is 1.49. The SMILES string of the molecule is CC1(NS(=O)(=O)c2ccc3c4c(C5CCN(C(=O)N6CC[C@@H](O)C6)CC5)ncnc4n(-c4nnc(C(F)F)s4)c3c2)CC1. The lowest BCUT2D eigenvalue weighted by Crippen LogP contribution is -2.45. The Bertz CT molecular complexity index is 1830. The number of urea groups is 1. The van der Waals surface area contributed by atoms with Gasteiger partial charge in [0.1, 0.15) is 6.33 Å². The summed E-state index contributed by atoms with van der Waals surface area (Å²) in [5.74, 6) is -0.0243. The van der Waals surface area contributed by atoms with E-state index in [1.54, 1.807) is 20.4 Å². The number of hydrogen-bond acceptors (Lipinski definition) is 9. The van der Waals surface area contributed by atoms with Crippen LogP contribution in [0.4, 0.5) is 13.6 Å². The third-order valence-electron chi connectivity index (χ3n) is 8.63. The molecule has 3 fully saturated rings. The highest BCUT2D eigenvalue weighted by atomic mass is 32.2. The van der Waals surface area contributed by atoms with Gasteiger partial charge >= 0.3 is 6.03 Å². The zero-order valence-corrected chi connectivity index (χ0v) is 24.9. The van der Waals surface area contributed by atoms with Crippen LogP contribution in [-0.2, 0) is 10.0 Å². The van der Waals surface area contributed by atoms with Gasteiger partial charge in [0, 0.05) is 48.4 Å². The van der Waals surface area contributed by atoms with E-state index in [9.17, 15) is 27.1 Å². The van der Waals surface area contributed by atoms with Crippen LogP contribution in [0.5, 0.6) is 0 Å². The van der Waals surface area contributed by atoms with Crippen LogP contribution in [0.25, 0.3) is 27.1 Å². The molecule has 1 saturated carbocycles. The van der Waals surface area contributed by atoms with Gasteiger partial charge in [0.2, 0.25) is 15.2 Å². The maximum absolute atomic E-state index is 13.5. The molecule has 0 spiro atoms. The Labute approximate surface area is 249 Å². The lowest BCUT2D eigenvalue weighted by molar-refractivity contribution is 0.136. The number of nitrogens with zero attached hydrogens (tertiary/aromatic N) is 7. The molecule has 12 nitrogen and oxygen atoms in total. The monoisotopic (exact) mass is 632 g/mol. The van der Waals surface area contributed by atoms with E-state index >= 15 is 0 Å². The summed E-state index contributed by atoms with van der Waals surface area (Å²) in [5, 5.41) is 18.6. The normalized spacial score (nSPS) is 21.0. The van der Waals surface area contributed by atoms with Crippen molar-refractivity contribution in [3.8, 4) is 5.13 Å². The molecule has 0 bridgehead atoms. The van der Waals surface area contributed by atoms with Crippen LogP contribution in [-0.4, -0.2) is 91.9 Å². The molecule has 2 saturated heterocycles. The van der Waals surface area contributed by atoms with E-state index in [2.05, 4.69) is 24.9 Å². The Hall–Kier alpha value is -3.34. The van der Waals surface area contributed by atoms with Crippen molar-refractivity contribution in [1.82, 2.24) is 39.3 Å². The summed E-state index contributed by atoms with van der Waals surface area (Å²) < 4.78 is 57.9. The Kier molecular flexibility index (Phi) is 6.87. The zero-order valence-electron chi connectivity index (χ0n) is 23.3. The Morgan fingerprint density at radius 1 is 1.12 bits per heavy atom. The molecule has 7 rings (SSSR count). The van der Waals surface area contributed by atoms with Gasteiger partial charge < -0.3 is 14.9 Å². The van der Waals surface area contributed by atoms with Crippen molar-refractivity contribution in [2.75, 3.05) is 26.2 Å². The maximum Gasteiger partial charge on any atom is 0.320 e. The average Bonchev–Trinajstić information content (AvgIpc) is 3.34. The molecule has 0 unspecified atom stereocenters. The molecule has 5 heterocycles. The first-order chi connectivity index (χ1) is 20.5. The fourth-order valence-electron chi connectivity index (χ4n) is 6.05. The summed E-state index contributed by atoms with van der Waals surface area (Å²) in [5.41, 5.74) is 1.13. The van der Waals surface area contributed by atoms with Crippen LogP contribution in [0.3, 0.4) is 0 Å². The Balaban J connectivity index is 1.29. The number of aromatic nitrogens is 5. The molecular formula is C27H30F2N8O4S2. The van der Waals surface area contributed by atoms with Crippen LogP contribution in [0.2, 0.25) is 0 Å². The van der Waals surface area contributed by atoms with E-state index in [1.165, 1.54) is 18.5 Å². The third kappa shape index (κ3) is 5.13. The van der Waals surface area contributed by atoms with Gasteiger partial charge in [0.25, 0.3) is 6.43 Å². The zero-order chi connectivity index (χ0) is 30.1. The highest BCUT2D eigenvalue weighted by molar-refractivity contribution is 7.89. The molecule has 2 N–H and O–H groups in total. The second-order valence-electron chi connectivity index (χ2n) is 11.8. The number of nitrogens with one attached hydrogen (secondary N) is 1. The second-order valence-corrected chi connectivity index (χ2v) is 14.5. The van der Waals surface area contributed by atoms with Crippen molar-refractivity contribution in [2.45, 2.75) is 67.9 Å². The van der Waals surface area contributed by atoms with Crippen LogP contribution < -0.4 is 4.72 Å². The largest absolute Gasteiger partial charge is 0.391 e. The van der Waals surface area contributed by atoms with E-state index in [0.717, 1.165) is 29.9 Å². The van der Waals surface area contributed by atoms with Crippen molar-refractivity contribution >= 4 is 49.3 Å². The van der Waals surface area contributed by atoms with Gasteiger partial charge in [0.05, 0.1) is 22.2 Å². The molecule has 3 aliphatic rings. The van der Waals surface area contributed by atoms with E-state index in [1.807, 2.05) is 6.92 Å². The summed E-state index contributed by atoms with van der Waals surface area (Å²) >= 11 is 0.717. The Morgan fingerprint density at radius 2 is 1.86 bits per heavy atom. The fourth-order valence-corrected chi connectivity index (χ4v) is 8.25. The molecule has 3 aromatic heterocycles. The first kappa shape index (κ1) is 28.4. The van der Waals surface area contributed by atoms with E-state index in [-0.39, 0.29) is 22.0 Å². The second kappa shape index (κ2) is 10.4. The number of aliphatic hydroxyl groups is 1. The summed E-state index contributed by atoms with van der Waals surface area (Å²) in [7, 11) is -3.86. The van der Waals surface area contributed by atoms with Crippen molar-refractivity contribution < 1.29 is 27.1 Å². The smallest absolute Gasteiger partial charge is 0.320 e. The number of likely N-dealkylation sites (tertiary alicyclic amines) is 2. The topological polar surface area (TPSA) is 146 Å². The number of piperidine rings is 1. The fraction of sp³-hybridized carbons (Fsp3) is 0.519. The summed E-state index contributed by atoms with van der Waals surface area (Å²) in [6.45, 7) is 3.76. The van der Waals surface area contributed by atoms with Crippen molar-refractivity contribution in [3.05, 3.63) is 35.2 Å². The van der Waals surface area contributed by atoms with E-state index < -0.39 is 33.1 Å². The minimum Gasteiger partial charge on any atom is -0.391 e. The number of carbonyl (C=O) groups is 1. The number of alkyl halides is 2. The Morgan fingerprint density at radius 3 is 2.51 bits per heavy atom. The minimum atomic E-state index is -3.86. The number of β-amino-alcohol motifs (C(OH)–C–C–N with tert-alkyl or cyclic N) is 1. The lowest BCUT2D eigenvalue weighted by Gasteiger charge is -2.34. The van der Waals surface area contributed by atoms with Crippen molar-refractivity contribution in [3.63, 3.8) is 0 Å². The summed E-state index contributed by atoms with van der Waals surface area (Å²) in [6, 6.07) is 4.68. The molecule has 228 valence electrons. The van der Waals surface area contributed by atoms with Crippen molar-refractivity contribution in [2.24, 2.45) is 0 Å². The van der Waals surface area contributed by atoms with Crippen molar-refractivity contribution in [1.29, 1.82) is 0 Å². The minimum absolute atomic E-state index is 0.0243. The number of hydrogen-bond donors (Lipinski definition) is 2. The third-order valence-corrected chi connectivity index (χ3v) is 11.2. The number of amides is 2. The number of rotatable bonds is 6. The summed E-state index contributed by atoms with van der Waals surface area (Å²) in [4.78, 5) is 25.7. The van der Waals surface area contributed by atoms with Gasteiger partial charge in [-0.15, -0.1) is 10.2 Å². The highest BCUT2D eigenvalue weighted by Gasteiger charge is 2.41. The molecule has 43 heavy (non-hydrogen) atoms. The molecule has 1 aliphatic carbocycles. The molecule has 4 aromatic rings. The van der Waals surface area contributed by atoms with Crippen LogP contribution in [0, 0.1) is 0 Å². The van der Waals surface area contributed by atoms with E-state index in [4.69, 9.17) is 0 Å². The first-order valence-corrected chi connectivity index (χ1v) is 16.5. The van der Waals surface area contributed by atoms with E-state index in [0.29, 0.717) is 67.4 Å². The van der Waals surface area contributed by atoms with Gasteiger partial charge in [-0.05, 0) is 51.2 Å². The molecule has 1 atom stereocenters. The predicted octanol–water partition coefficient (Wildman–Crippen LogP) is 3.56. The lowest BCUT2D eigenvalue weighted by atomic mass is 9.91.